The van der Waals surface area contributed by atoms with Crippen molar-refractivity contribution in [2.24, 2.45) is 0 Å². The van der Waals surface area contributed by atoms with Crippen molar-refractivity contribution in [1.82, 2.24) is 0 Å². The molecule has 0 amide bonds. The van der Waals surface area contributed by atoms with Gasteiger partial charge in [0.15, 0.2) is 0 Å². The standard InChI is InChI=1S/C30H24O4/c31-29(32)25-14-11-21(12-15-25)13-20-27(22-7-3-1-4-8-22)28(23-9-5-2-6-10-23)24-16-18-26(19-17-24)30(33)34/h1-12,14-19H,13,20H2,(H,31,32)(H,33,34)/b28-27-. The molecule has 0 fully saturated rings. The molecule has 0 aromatic heterocycles. The second-order valence-corrected chi connectivity index (χ2v) is 7.97. The van der Waals surface area contributed by atoms with E-state index in [0.29, 0.717) is 0 Å². The highest BCUT2D eigenvalue weighted by molar-refractivity contribution is 5.99. The summed E-state index contributed by atoms with van der Waals surface area (Å²) < 4.78 is 0. The van der Waals surface area contributed by atoms with Crippen molar-refractivity contribution in [3.05, 3.63) is 143 Å². The van der Waals surface area contributed by atoms with Crippen LogP contribution in [-0.2, 0) is 6.42 Å². The molecule has 0 unspecified atom stereocenters. The minimum Gasteiger partial charge on any atom is -0.478 e. The smallest absolute Gasteiger partial charge is 0.335 e. The van der Waals surface area contributed by atoms with E-state index in [1.54, 1.807) is 24.3 Å². The maximum atomic E-state index is 11.4. The lowest BCUT2D eigenvalue weighted by atomic mass is 9.86. The summed E-state index contributed by atoms with van der Waals surface area (Å²) in [6, 6.07) is 34.2. The second-order valence-electron chi connectivity index (χ2n) is 7.97. The largest absolute Gasteiger partial charge is 0.478 e. The Kier molecular flexibility index (Phi) is 6.99. The van der Waals surface area contributed by atoms with Gasteiger partial charge in [-0.25, -0.2) is 9.59 Å². The molecule has 34 heavy (non-hydrogen) atoms. The number of carboxylic acids is 2. The van der Waals surface area contributed by atoms with E-state index < -0.39 is 11.9 Å². The first-order valence-electron chi connectivity index (χ1n) is 11.0. The molecule has 4 aromatic carbocycles. The highest BCUT2D eigenvalue weighted by Crippen LogP contribution is 2.35. The fourth-order valence-corrected chi connectivity index (χ4v) is 4.04. The van der Waals surface area contributed by atoms with Gasteiger partial charge in [-0.15, -0.1) is 0 Å². The van der Waals surface area contributed by atoms with Crippen molar-refractivity contribution in [3.63, 3.8) is 0 Å². The van der Waals surface area contributed by atoms with Crippen LogP contribution in [0.2, 0.25) is 0 Å². The molecule has 0 saturated carbocycles. The Hall–Kier alpha value is -4.44. The van der Waals surface area contributed by atoms with E-state index in [4.69, 9.17) is 0 Å². The Morgan fingerprint density at radius 2 is 0.912 bits per heavy atom. The van der Waals surface area contributed by atoms with Gasteiger partial charge in [-0.1, -0.05) is 84.9 Å². The normalized spacial score (nSPS) is 11.5. The summed E-state index contributed by atoms with van der Waals surface area (Å²) in [6.45, 7) is 0. The van der Waals surface area contributed by atoms with Crippen molar-refractivity contribution in [2.45, 2.75) is 12.8 Å². The molecule has 0 aliphatic carbocycles. The first-order valence-corrected chi connectivity index (χ1v) is 11.0. The maximum Gasteiger partial charge on any atom is 0.335 e. The lowest BCUT2D eigenvalue weighted by Gasteiger charge is -2.18. The van der Waals surface area contributed by atoms with Crippen LogP contribution in [-0.4, -0.2) is 22.2 Å². The van der Waals surface area contributed by atoms with Crippen LogP contribution in [0, 0.1) is 0 Å². The number of hydrogen-bond donors (Lipinski definition) is 2. The summed E-state index contributed by atoms with van der Waals surface area (Å²) in [7, 11) is 0. The summed E-state index contributed by atoms with van der Waals surface area (Å²) in [5.41, 5.74) is 6.82. The number of carboxylic acid groups (broad SMARTS) is 2. The summed E-state index contributed by atoms with van der Waals surface area (Å²) in [4.78, 5) is 22.6. The van der Waals surface area contributed by atoms with Crippen LogP contribution in [0.3, 0.4) is 0 Å². The third-order valence-electron chi connectivity index (χ3n) is 5.77. The predicted octanol–water partition coefficient (Wildman–Crippen LogP) is 6.67. The monoisotopic (exact) mass is 448 g/mol. The third kappa shape index (κ3) is 5.30. The third-order valence-corrected chi connectivity index (χ3v) is 5.77. The number of hydrogen-bond acceptors (Lipinski definition) is 2. The van der Waals surface area contributed by atoms with Gasteiger partial charge in [0, 0.05) is 0 Å². The molecule has 0 spiro atoms. The lowest BCUT2D eigenvalue weighted by Crippen LogP contribution is -2.00. The van der Waals surface area contributed by atoms with Crippen molar-refractivity contribution in [1.29, 1.82) is 0 Å². The summed E-state index contributed by atoms with van der Waals surface area (Å²) >= 11 is 0. The lowest BCUT2D eigenvalue weighted by molar-refractivity contribution is 0.0686. The molecule has 4 heteroatoms. The molecule has 4 nitrogen and oxygen atoms in total. The van der Waals surface area contributed by atoms with E-state index >= 15 is 0 Å². The Balaban J connectivity index is 1.82. The van der Waals surface area contributed by atoms with E-state index in [-0.39, 0.29) is 11.1 Å². The number of rotatable bonds is 8. The first kappa shape index (κ1) is 22.7. The molecule has 2 N–H and O–H groups in total. The SMILES string of the molecule is O=C(O)c1ccc(CC/C(=C(\c2ccccc2)c2ccc(C(=O)O)cc2)c2ccccc2)cc1. The Bertz CT molecular complexity index is 1300. The van der Waals surface area contributed by atoms with E-state index in [0.717, 1.165) is 46.2 Å². The fraction of sp³-hybridized carbons (Fsp3) is 0.0667. The molecule has 0 heterocycles. The predicted molar refractivity (Wildman–Crippen MR) is 134 cm³/mol. The van der Waals surface area contributed by atoms with E-state index in [1.165, 1.54) is 0 Å². The van der Waals surface area contributed by atoms with Gasteiger partial charge in [0.1, 0.15) is 0 Å². The molecule has 4 rings (SSSR count). The number of allylic oxidation sites excluding steroid dienone is 1. The summed E-state index contributed by atoms with van der Waals surface area (Å²) in [6.07, 6.45) is 1.45. The highest BCUT2D eigenvalue weighted by Gasteiger charge is 2.15. The zero-order chi connectivity index (χ0) is 23.9. The molecular weight excluding hydrogens is 424 g/mol. The van der Waals surface area contributed by atoms with E-state index in [9.17, 15) is 19.8 Å². The van der Waals surface area contributed by atoms with Crippen LogP contribution in [0.25, 0.3) is 11.1 Å². The summed E-state index contributed by atoms with van der Waals surface area (Å²) in [5, 5.41) is 18.5. The van der Waals surface area contributed by atoms with Gasteiger partial charge in [-0.05, 0) is 70.5 Å². The van der Waals surface area contributed by atoms with Gasteiger partial charge in [-0.3, -0.25) is 0 Å². The Morgan fingerprint density at radius 3 is 1.41 bits per heavy atom. The molecule has 0 atom stereocenters. The average molecular weight is 449 g/mol. The molecule has 4 aromatic rings. The van der Waals surface area contributed by atoms with Crippen molar-refractivity contribution < 1.29 is 19.8 Å². The van der Waals surface area contributed by atoms with Gasteiger partial charge in [-0.2, -0.15) is 0 Å². The Labute approximate surface area is 198 Å². The number of carbonyl (C=O) groups is 2. The van der Waals surface area contributed by atoms with Crippen molar-refractivity contribution in [3.8, 4) is 0 Å². The van der Waals surface area contributed by atoms with Crippen LogP contribution in [0.15, 0.2) is 109 Å². The van der Waals surface area contributed by atoms with Gasteiger partial charge in [0.05, 0.1) is 11.1 Å². The van der Waals surface area contributed by atoms with E-state index in [1.807, 2.05) is 60.7 Å². The zero-order valence-corrected chi connectivity index (χ0v) is 18.5. The second kappa shape index (κ2) is 10.5. The minimum absolute atomic E-state index is 0.246. The maximum absolute atomic E-state index is 11.4. The molecular formula is C30H24O4. The topological polar surface area (TPSA) is 74.6 Å². The van der Waals surface area contributed by atoms with Crippen LogP contribution in [0.1, 0.15) is 49.4 Å². The first-order chi connectivity index (χ1) is 16.5. The van der Waals surface area contributed by atoms with Crippen molar-refractivity contribution >= 4 is 23.1 Å². The van der Waals surface area contributed by atoms with Crippen LogP contribution >= 0.6 is 0 Å². The van der Waals surface area contributed by atoms with Crippen LogP contribution in [0.4, 0.5) is 0 Å². The number of aryl methyl sites for hydroxylation is 1. The highest BCUT2D eigenvalue weighted by atomic mass is 16.4. The number of aromatic carboxylic acids is 2. The number of benzene rings is 4. The molecule has 0 aliphatic rings. The average Bonchev–Trinajstić information content (AvgIpc) is 2.88. The molecule has 0 aliphatic heterocycles. The molecule has 168 valence electrons. The Morgan fingerprint density at radius 1 is 0.500 bits per heavy atom. The van der Waals surface area contributed by atoms with Crippen LogP contribution < -0.4 is 0 Å². The van der Waals surface area contributed by atoms with Crippen molar-refractivity contribution in [2.75, 3.05) is 0 Å². The van der Waals surface area contributed by atoms with Crippen LogP contribution in [0.5, 0.6) is 0 Å². The molecule has 0 bridgehead atoms. The van der Waals surface area contributed by atoms with Gasteiger partial charge in [0.25, 0.3) is 0 Å². The minimum atomic E-state index is -0.954. The van der Waals surface area contributed by atoms with Gasteiger partial charge in [0.2, 0.25) is 0 Å². The summed E-state index contributed by atoms with van der Waals surface area (Å²) in [5.74, 6) is -1.89. The van der Waals surface area contributed by atoms with Gasteiger partial charge < -0.3 is 10.2 Å². The molecule has 0 radical (unpaired) electrons. The fourth-order valence-electron chi connectivity index (χ4n) is 4.04. The zero-order valence-electron chi connectivity index (χ0n) is 18.5. The van der Waals surface area contributed by atoms with Gasteiger partial charge >= 0.3 is 11.9 Å². The quantitative estimate of drug-likeness (QED) is 0.295. The molecule has 0 saturated heterocycles. The van der Waals surface area contributed by atoms with E-state index in [2.05, 4.69) is 24.3 Å².